The highest BCUT2D eigenvalue weighted by Crippen LogP contribution is 2.20. The maximum atomic E-state index is 12.0. The second-order valence-electron chi connectivity index (χ2n) is 6.27. The lowest BCUT2D eigenvalue weighted by atomic mass is 10.1. The van der Waals surface area contributed by atoms with E-state index in [1.165, 1.54) is 12.1 Å². The van der Waals surface area contributed by atoms with Gasteiger partial charge in [0, 0.05) is 24.9 Å². The molecule has 0 atom stereocenters. The zero-order chi connectivity index (χ0) is 20.0. The molecule has 0 fully saturated rings. The lowest BCUT2D eigenvalue weighted by Gasteiger charge is -2.05. The van der Waals surface area contributed by atoms with Crippen molar-refractivity contribution < 1.29 is 17.6 Å². The summed E-state index contributed by atoms with van der Waals surface area (Å²) in [6.45, 7) is 0.453. The number of hydrogen-bond donors (Lipinski definition) is 2. The van der Waals surface area contributed by atoms with Gasteiger partial charge in [-0.3, -0.25) is 4.79 Å². The molecule has 1 amide bonds. The van der Waals surface area contributed by atoms with E-state index in [4.69, 9.17) is 9.56 Å². The topological polar surface area (TPSA) is 115 Å². The normalized spacial score (nSPS) is 11.3. The van der Waals surface area contributed by atoms with Gasteiger partial charge in [-0.1, -0.05) is 42.5 Å². The van der Waals surface area contributed by atoms with E-state index >= 15 is 0 Å². The van der Waals surface area contributed by atoms with Gasteiger partial charge in [-0.25, -0.2) is 18.5 Å². The van der Waals surface area contributed by atoms with Gasteiger partial charge in [0.1, 0.15) is 0 Å². The van der Waals surface area contributed by atoms with Crippen LogP contribution in [0.3, 0.4) is 0 Å². The van der Waals surface area contributed by atoms with Gasteiger partial charge in [0.2, 0.25) is 15.9 Å². The summed E-state index contributed by atoms with van der Waals surface area (Å²) < 4.78 is 28.1. The standard InChI is InChI=1S/C20H21N3O4S/c21-28(25,26)17-8-6-15(7-9-17)12-13-22-19(24)10-11-20-23-14-18(27-20)16-4-2-1-3-5-16/h1-9,14H,10-13H2,(H,22,24)(H2,21,25,26). The highest BCUT2D eigenvalue weighted by atomic mass is 32.2. The molecule has 28 heavy (non-hydrogen) atoms. The van der Waals surface area contributed by atoms with Crippen LogP contribution in [-0.4, -0.2) is 25.9 Å². The molecule has 1 heterocycles. The van der Waals surface area contributed by atoms with E-state index in [2.05, 4.69) is 10.3 Å². The third kappa shape index (κ3) is 5.51. The lowest BCUT2D eigenvalue weighted by Crippen LogP contribution is -2.25. The SMILES string of the molecule is NS(=O)(=O)c1ccc(CCNC(=O)CCc2ncc(-c3ccccc3)o2)cc1. The molecule has 0 spiro atoms. The Morgan fingerprint density at radius 3 is 2.43 bits per heavy atom. The molecule has 0 aliphatic heterocycles. The highest BCUT2D eigenvalue weighted by molar-refractivity contribution is 7.89. The lowest BCUT2D eigenvalue weighted by molar-refractivity contribution is -0.121. The first-order chi connectivity index (χ1) is 13.4. The molecular formula is C20H21N3O4S. The van der Waals surface area contributed by atoms with Crippen LogP contribution >= 0.6 is 0 Å². The molecule has 8 heteroatoms. The first-order valence-corrected chi connectivity index (χ1v) is 10.3. The van der Waals surface area contributed by atoms with Crippen LogP contribution in [0, 0.1) is 0 Å². The zero-order valence-electron chi connectivity index (χ0n) is 15.2. The number of oxazole rings is 1. The van der Waals surface area contributed by atoms with Crippen LogP contribution < -0.4 is 10.5 Å². The molecule has 7 nitrogen and oxygen atoms in total. The summed E-state index contributed by atoms with van der Waals surface area (Å²) in [7, 11) is -3.69. The van der Waals surface area contributed by atoms with Crippen molar-refractivity contribution in [2.75, 3.05) is 6.54 Å². The van der Waals surface area contributed by atoms with Crippen LogP contribution in [-0.2, 0) is 27.7 Å². The van der Waals surface area contributed by atoms with E-state index < -0.39 is 10.0 Å². The smallest absolute Gasteiger partial charge is 0.238 e. The van der Waals surface area contributed by atoms with Gasteiger partial charge >= 0.3 is 0 Å². The van der Waals surface area contributed by atoms with Crippen molar-refractivity contribution in [3.63, 3.8) is 0 Å². The number of primary sulfonamides is 1. The monoisotopic (exact) mass is 399 g/mol. The quantitative estimate of drug-likeness (QED) is 0.603. The van der Waals surface area contributed by atoms with Crippen molar-refractivity contribution in [3.8, 4) is 11.3 Å². The molecule has 2 aromatic carbocycles. The predicted octanol–water partition coefficient (Wildman–Crippen LogP) is 2.28. The molecule has 3 aromatic rings. The Balaban J connectivity index is 1.42. The van der Waals surface area contributed by atoms with Crippen molar-refractivity contribution in [1.29, 1.82) is 0 Å². The number of amides is 1. The highest BCUT2D eigenvalue weighted by Gasteiger charge is 2.09. The molecule has 0 bridgehead atoms. The van der Waals surface area contributed by atoms with Crippen molar-refractivity contribution in [1.82, 2.24) is 10.3 Å². The van der Waals surface area contributed by atoms with Crippen molar-refractivity contribution in [2.24, 2.45) is 5.14 Å². The maximum absolute atomic E-state index is 12.0. The molecule has 0 unspecified atom stereocenters. The fraction of sp³-hybridized carbons (Fsp3) is 0.200. The summed E-state index contributed by atoms with van der Waals surface area (Å²) in [4.78, 5) is 16.3. The Morgan fingerprint density at radius 1 is 1.04 bits per heavy atom. The van der Waals surface area contributed by atoms with Crippen molar-refractivity contribution in [3.05, 3.63) is 72.2 Å². The number of nitrogens with zero attached hydrogens (tertiary/aromatic N) is 1. The van der Waals surface area contributed by atoms with Crippen LogP contribution in [0.5, 0.6) is 0 Å². The first-order valence-electron chi connectivity index (χ1n) is 8.80. The van der Waals surface area contributed by atoms with E-state index in [1.807, 2.05) is 30.3 Å². The third-order valence-electron chi connectivity index (χ3n) is 4.17. The molecule has 0 aliphatic carbocycles. The molecule has 0 radical (unpaired) electrons. The number of nitrogens with two attached hydrogens (primary N) is 1. The van der Waals surface area contributed by atoms with Gasteiger partial charge < -0.3 is 9.73 Å². The number of sulfonamides is 1. The Kier molecular flexibility index (Phi) is 6.23. The predicted molar refractivity (Wildman–Crippen MR) is 105 cm³/mol. The summed E-state index contributed by atoms with van der Waals surface area (Å²) in [5.74, 6) is 1.10. The first kappa shape index (κ1) is 19.8. The Hall–Kier alpha value is -2.97. The fourth-order valence-electron chi connectivity index (χ4n) is 2.66. The molecule has 3 rings (SSSR count). The van der Waals surface area contributed by atoms with Gasteiger partial charge in [0.25, 0.3) is 0 Å². The minimum atomic E-state index is -3.69. The number of benzene rings is 2. The summed E-state index contributed by atoms with van der Waals surface area (Å²) >= 11 is 0. The number of nitrogens with one attached hydrogen (secondary N) is 1. The van der Waals surface area contributed by atoms with Gasteiger partial charge in [-0.05, 0) is 24.1 Å². The minimum Gasteiger partial charge on any atom is -0.441 e. The maximum Gasteiger partial charge on any atom is 0.238 e. The van der Waals surface area contributed by atoms with Gasteiger partial charge in [0.15, 0.2) is 11.7 Å². The summed E-state index contributed by atoms with van der Waals surface area (Å²) in [6.07, 6.45) is 2.95. The zero-order valence-corrected chi connectivity index (χ0v) is 16.0. The number of rotatable bonds is 8. The Bertz CT molecular complexity index is 1030. The number of hydrogen-bond acceptors (Lipinski definition) is 5. The second-order valence-corrected chi connectivity index (χ2v) is 7.83. The van der Waals surface area contributed by atoms with Crippen LogP contribution in [0.2, 0.25) is 0 Å². The number of aromatic nitrogens is 1. The number of carbonyl (C=O) groups excluding carboxylic acids is 1. The van der Waals surface area contributed by atoms with Gasteiger partial charge in [-0.2, -0.15) is 0 Å². The van der Waals surface area contributed by atoms with E-state index in [0.29, 0.717) is 31.0 Å². The summed E-state index contributed by atoms with van der Waals surface area (Å²) in [5.41, 5.74) is 1.85. The van der Waals surface area contributed by atoms with Gasteiger partial charge in [0.05, 0.1) is 11.1 Å². The van der Waals surface area contributed by atoms with Crippen LogP contribution in [0.25, 0.3) is 11.3 Å². The number of aryl methyl sites for hydroxylation is 1. The summed E-state index contributed by atoms with van der Waals surface area (Å²) in [6, 6.07) is 15.9. The third-order valence-corrected chi connectivity index (χ3v) is 5.09. The summed E-state index contributed by atoms with van der Waals surface area (Å²) in [5, 5.41) is 7.90. The van der Waals surface area contributed by atoms with Crippen LogP contribution in [0.1, 0.15) is 17.9 Å². The number of carbonyl (C=O) groups is 1. The van der Waals surface area contributed by atoms with E-state index in [9.17, 15) is 13.2 Å². The van der Waals surface area contributed by atoms with E-state index in [-0.39, 0.29) is 17.2 Å². The van der Waals surface area contributed by atoms with Crippen LogP contribution in [0.15, 0.2) is 70.1 Å². The van der Waals surface area contributed by atoms with Crippen molar-refractivity contribution in [2.45, 2.75) is 24.2 Å². The Labute approximate surface area is 163 Å². The molecule has 0 aliphatic rings. The average molecular weight is 399 g/mol. The molecule has 146 valence electrons. The molecule has 3 N–H and O–H groups in total. The molecular weight excluding hydrogens is 378 g/mol. The largest absolute Gasteiger partial charge is 0.441 e. The fourth-order valence-corrected chi connectivity index (χ4v) is 3.18. The Morgan fingerprint density at radius 2 is 1.75 bits per heavy atom. The minimum absolute atomic E-state index is 0.0705. The molecule has 0 saturated carbocycles. The van der Waals surface area contributed by atoms with E-state index in [1.54, 1.807) is 18.3 Å². The average Bonchev–Trinajstić information content (AvgIpc) is 3.16. The second kappa shape index (κ2) is 8.81. The molecule has 0 saturated heterocycles. The van der Waals surface area contributed by atoms with E-state index in [0.717, 1.165) is 11.1 Å². The van der Waals surface area contributed by atoms with Crippen LogP contribution in [0.4, 0.5) is 0 Å². The molecule has 1 aromatic heterocycles. The van der Waals surface area contributed by atoms with Gasteiger partial charge in [-0.15, -0.1) is 0 Å². The van der Waals surface area contributed by atoms with Crippen molar-refractivity contribution >= 4 is 15.9 Å².